The van der Waals surface area contributed by atoms with Gasteiger partial charge in [-0.2, -0.15) is 0 Å². The number of aliphatic hydroxyl groups excluding tert-OH is 1. The van der Waals surface area contributed by atoms with Crippen molar-refractivity contribution < 1.29 is 9.50 Å². The third-order valence-corrected chi connectivity index (χ3v) is 4.48. The smallest absolute Gasteiger partial charge is 0.130 e. The molecule has 90 valence electrons. The minimum Gasteiger partial charge on any atom is -0.388 e. The van der Waals surface area contributed by atoms with E-state index in [2.05, 4.69) is 31.9 Å². The Morgan fingerprint density at radius 1 is 1.24 bits per heavy atom. The van der Waals surface area contributed by atoms with Gasteiger partial charge in [0.1, 0.15) is 5.82 Å². The zero-order chi connectivity index (χ0) is 12.4. The van der Waals surface area contributed by atoms with E-state index in [1.807, 2.05) is 12.1 Å². The third kappa shape index (κ3) is 3.37. The van der Waals surface area contributed by atoms with Crippen LogP contribution in [0.25, 0.3) is 0 Å². The van der Waals surface area contributed by atoms with Gasteiger partial charge in [-0.1, -0.05) is 22.0 Å². The molecule has 2 aromatic rings. The lowest BCUT2D eigenvalue weighted by Crippen LogP contribution is -2.03. The van der Waals surface area contributed by atoms with E-state index >= 15 is 0 Å². The fourth-order valence-corrected chi connectivity index (χ4v) is 3.39. The number of benzene rings is 1. The van der Waals surface area contributed by atoms with Crippen molar-refractivity contribution in [2.24, 2.45) is 0 Å². The van der Waals surface area contributed by atoms with Gasteiger partial charge in [0, 0.05) is 21.3 Å². The lowest BCUT2D eigenvalue weighted by atomic mass is 10.1. The fourth-order valence-electron chi connectivity index (χ4n) is 1.53. The van der Waals surface area contributed by atoms with Gasteiger partial charge >= 0.3 is 0 Å². The molecule has 0 fully saturated rings. The van der Waals surface area contributed by atoms with E-state index in [1.165, 1.54) is 6.07 Å². The maximum Gasteiger partial charge on any atom is 0.130 e. The summed E-state index contributed by atoms with van der Waals surface area (Å²) >= 11 is 8.09. The van der Waals surface area contributed by atoms with Crippen LogP contribution in [0.5, 0.6) is 0 Å². The zero-order valence-corrected chi connectivity index (χ0v) is 12.6. The largest absolute Gasteiger partial charge is 0.388 e. The minimum absolute atomic E-state index is 0.331. The SMILES string of the molecule is OC(Cc1ccc(Br)s1)c1ccc(Br)cc1F. The molecule has 1 aromatic carbocycles. The van der Waals surface area contributed by atoms with Crippen LogP contribution < -0.4 is 0 Å². The van der Waals surface area contributed by atoms with E-state index in [9.17, 15) is 9.50 Å². The molecule has 1 heterocycles. The first-order chi connectivity index (χ1) is 8.06. The highest BCUT2D eigenvalue weighted by Gasteiger charge is 2.14. The van der Waals surface area contributed by atoms with Crippen LogP contribution in [0.3, 0.4) is 0 Å². The third-order valence-electron chi connectivity index (χ3n) is 2.34. The molecular formula is C12H9Br2FOS. The first kappa shape index (κ1) is 13.2. The highest BCUT2D eigenvalue weighted by atomic mass is 79.9. The molecule has 0 aliphatic rings. The quantitative estimate of drug-likeness (QED) is 0.820. The van der Waals surface area contributed by atoms with Crippen molar-refractivity contribution in [3.05, 3.63) is 54.8 Å². The van der Waals surface area contributed by atoms with Crippen molar-refractivity contribution >= 4 is 43.2 Å². The first-order valence-corrected chi connectivity index (χ1v) is 7.34. The monoisotopic (exact) mass is 378 g/mol. The van der Waals surface area contributed by atoms with E-state index in [0.29, 0.717) is 16.5 Å². The van der Waals surface area contributed by atoms with Gasteiger partial charge in [-0.05, 0) is 40.2 Å². The molecule has 0 aliphatic carbocycles. The van der Waals surface area contributed by atoms with Gasteiger partial charge in [-0.15, -0.1) is 11.3 Å². The molecule has 1 nitrogen and oxygen atoms in total. The maximum atomic E-state index is 13.6. The molecule has 2 rings (SSSR count). The van der Waals surface area contributed by atoms with Gasteiger partial charge in [0.25, 0.3) is 0 Å². The summed E-state index contributed by atoms with van der Waals surface area (Å²) in [4.78, 5) is 1.02. The van der Waals surface area contributed by atoms with Gasteiger partial charge in [-0.25, -0.2) is 4.39 Å². The molecule has 1 unspecified atom stereocenters. The average Bonchev–Trinajstić information content (AvgIpc) is 2.63. The van der Waals surface area contributed by atoms with Crippen LogP contribution in [0.4, 0.5) is 4.39 Å². The molecular weight excluding hydrogens is 371 g/mol. The van der Waals surface area contributed by atoms with Crippen LogP contribution in [0.1, 0.15) is 16.5 Å². The van der Waals surface area contributed by atoms with Gasteiger partial charge in [-0.3, -0.25) is 0 Å². The molecule has 0 aliphatic heterocycles. The Morgan fingerprint density at radius 2 is 2.00 bits per heavy atom. The summed E-state index contributed by atoms with van der Waals surface area (Å²) in [6.45, 7) is 0. The van der Waals surface area contributed by atoms with Crippen LogP contribution in [0, 0.1) is 5.82 Å². The fraction of sp³-hybridized carbons (Fsp3) is 0.167. The van der Waals surface area contributed by atoms with Crippen molar-refractivity contribution in [1.82, 2.24) is 0 Å². The molecule has 0 saturated carbocycles. The molecule has 17 heavy (non-hydrogen) atoms. The standard InChI is InChI=1S/C12H9Br2FOS/c13-7-1-3-9(10(15)5-7)11(16)6-8-2-4-12(14)17-8/h1-5,11,16H,6H2. The van der Waals surface area contributed by atoms with Crippen LogP contribution in [0.15, 0.2) is 38.6 Å². The number of thiophene rings is 1. The van der Waals surface area contributed by atoms with E-state index in [-0.39, 0.29) is 5.82 Å². The zero-order valence-electron chi connectivity index (χ0n) is 8.66. The lowest BCUT2D eigenvalue weighted by molar-refractivity contribution is 0.174. The normalized spacial score (nSPS) is 12.7. The molecule has 0 radical (unpaired) electrons. The number of halogens is 3. The van der Waals surface area contributed by atoms with E-state index in [1.54, 1.807) is 23.5 Å². The van der Waals surface area contributed by atoms with E-state index in [4.69, 9.17) is 0 Å². The van der Waals surface area contributed by atoms with Gasteiger partial charge < -0.3 is 5.11 Å². The Kier molecular flexibility index (Phi) is 4.36. The Balaban J connectivity index is 2.17. The predicted octanol–water partition coefficient (Wildman–Crippen LogP) is 4.69. The Hall–Kier alpha value is -0.230. The second kappa shape index (κ2) is 5.61. The maximum absolute atomic E-state index is 13.6. The second-order valence-corrected chi connectivity index (χ2v) is 7.05. The summed E-state index contributed by atoms with van der Waals surface area (Å²) in [5.74, 6) is -0.387. The molecule has 0 saturated heterocycles. The second-order valence-electron chi connectivity index (χ2n) is 3.59. The average molecular weight is 380 g/mol. The number of aliphatic hydroxyl groups is 1. The highest BCUT2D eigenvalue weighted by Crippen LogP contribution is 2.28. The first-order valence-electron chi connectivity index (χ1n) is 4.93. The Bertz CT molecular complexity index is 527. The number of hydrogen-bond donors (Lipinski definition) is 1. The molecule has 0 spiro atoms. The minimum atomic E-state index is -0.811. The van der Waals surface area contributed by atoms with Crippen LogP contribution in [-0.2, 0) is 6.42 Å². The van der Waals surface area contributed by atoms with Crippen LogP contribution in [0.2, 0.25) is 0 Å². The molecule has 5 heteroatoms. The summed E-state index contributed by atoms with van der Waals surface area (Å²) < 4.78 is 15.3. The topological polar surface area (TPSA) is 20.2 Å². The highest BCUT2D eigenvalue weighted by molar-refractivity contribution is 9.11. The molecule has 1 aromatic heterocycles. The van der Waals surface area contributed by atoms with Crippen molar-refractivity contribution in [2.45, 2.75) is 12.5 Å². The summed E-state index contributed by atoms with van der Waals surface area (Å²) in [5.41, 5.74) is 0.331. The van der Waals surface area contributed by atoms with Gasteiger partial charge in [0.2, 0.25) is 0 Å². The molecule has 0 bridgehead atoms. The summed E-state index contributed by atoms with van der Waals surface area (Å²) in [7, 11) is 0. The Morgan fingerprint density at radius 3 is 2.59 bits per heavy atom. The Labute approximate surface area is 120 Å². The van der Waals surface area contributed by atoms with Crippen molar-refractivity contribution in [1.29, 1.82) is 0 Å². The molecule has 1 atom stereocenters. The lowest BCUT2D eigenvalue weighted by Gasteiger charge is -2.11. The summed E-state index contributed by atoms with van der Waals surface area (Å²) in [6, 6.07) is 8.54. The van der Waals surface area contributed by atoms with Crippen molar-refractivity contribution in [2.75, 3.05) is 0 Å². The van der Waals surface area contributed by atoms with E-state index in [0.717, 1.165) is 8.66 Å². The summed E-state index contributed by atoms with van der Waals surface area (Å²) in [6.07, 6.45) is -0.386. The van der Waals surface area contributed by atoms with Gasteiger partial charge in [0.05, 0.1) is 9.89 Å². The van der Waals surface area contributed by atoms with Gasteiger partial charge in [0.15, 0.2) is 0 Å². The van der Waals surface area contributed by atoms with Crippen molar-refractivity contribution in [3.63, 3.8) is 0 Å². The molecule has 0 amide bonds. The van der Waals surface area contributed by atoms with Crippen molar-refractivity contribution in [3.8, 4) is 0 Å². The number of hydrogen-bond acceptors (Lipinski definition) is 2. The van der Waals surface area contributed by atoms with Crippen LogP contribution >= 0.6 is 43.2 Å². The van der Waals surface area contributed by atoms with Crippen LogP contribution in [-0.4, -0.2) is 5.11 Å². The number of rotatable bonds is 3. The summed E-state index contributed by atoms with van der Waals surface area (Å²) in [5, 5.41) is 9.99. The molecule has 1 N–H and O–H groups in total. The predicted molar refractivity (Wildman–Crippen MR) is 74.8 cm³/mol. The van der Waals surface area contributed by atoms with E-state index < -0.39 is 6.10 Å².